The molecule has 0 heterocycles. The average Bonchev–Trinajstić information content (AvgIpc) is 1.63. The van der Waals surface area contributed by atoms with Crippen molar-refractivity contribution in [3.05, 3.63) is 24.7 Å². The molecule has 0 bridgehead atoms. The summed E-state index contributed by atoms with van der Waals surface area (Å²) in [7, 11) is 0. The van der Waals surface area contributed by atoms with Crippen LogP contribution in [0, 0.1) is 0 Å². The Hall–Kier alpha value is -0.570. The van der Waals surface area contributed by atoms with Gasteiger partial charge < -0.3 is 10.2 Å². The van der Waals surface area contributed by atoms with Crippen LogP contribution in [0.1, 0.15) is 0 Å². The fourth-order valence-corrected chi connectivity index (χ4v) is 0.860. The molecule has 0 spiro atoms. The summed E-state index contributed by atoms with van der Waals surface area (Å²) in [4.78, 5) is 0. The van der Waals surface area contributed by atoms with E-state index in [9.17, 15) is 0 Å². The molecule has 2 N–H and O–H groups in total. The maximum absolute atomic E-state index is 8.54. The minimum Gasteiger partial charge on any atom is -0.512 e. The number of thioether (sulfide) groups is 1. The average molecular weight is 146 g/mol. The van der Waals surface area contributed by atoms with Gasteiger partial charge in [-0.15, -0.1) is 11.8 Å². The lowest BCUT2D eigenvalue weighted by Gasteiger charge is -1.96. The van der Waals surface area contributed by atoms with Crippen LogP contribution < -0.4 is 0 Å². The zero-order valence-corrected chi connectivity index (χ0v) is 5.95. The van der Waals surface area contributed by atoms with Gasteiger partial charge in [0.1, 0.15) is 0 Å². The Bertz CT molecular complexity index is 106. The summed E-state index contributed by atoms with van der Waals surface area (Å²) in [5, 5.41) is 17.1. The van der Waals surface area contributed by atoms with Crippen LogP contribution in [0.25, 0.3) is 0 Å². The Balaban J connectivity index is 3.10. The van der Waals surface area contributed by atoms with E-state index in [1.165, 1.54) is 11.8 Å². The molecule has 2 nitrogen and oxygen atoms in total. The largest absolute Gasteiger partial charge is 0.512 e. The van der Waals surface area contributed by atoms with Crippen LogP contribution in [0.3, 0.4) is 0 Å². The summed E-state index contributed by atoms with van der Waals surface area (Å²) in [6.07, 6.45) is 0. The molecule has 0 amide bonds. The van der Waals surface area contributed by atoms with Gasteiger partial charge in [0.2, 0.25) is 0 Å². The first kappa shape index (κ1) is 8.43. The summed E-state index contributed by atoms with van der Waals surface area (Å²) in [5.74, 6) is 1.17. The van der Waals surface area contributed by atoms with Gasteiger partial charge in [-0.3, -0.25) is 0 Å². The Labute approximate surface area is 58.9 Å². The molecule has 9 heavy (non-hydrogen) atoms. The van der Waals surface area contributed by atoms with Crippen LogP contribution in [-0.2, 0) is 0 Å². The molecule has 0 atom stereocenters. The van der Waals surface area contributed by atoms with E-state index in [0.29, 0.717) is 11.5 Å². The van der Waals surface area contributed by atoms with Crippen LogP contribution in [0.15, 0.2) is 24.7 Å². The highest BCUT2D eigenvalue weighted by atomic mass is 32.2. The maximum Gasteiger partial charge on any atom is 0.0950 e. The van der Waals surface area contributed by atoms with Gasteiger partial charge in [0.25, 0.3) is 0 Å². The number of aliphatic hydroxyl groups excluding tert-OH is 2. The predicted octanol–water partition coefficient (Wildman–Crippen LogP) is 1.86. The van der Waals surface area contributed by atoms with Gasteiger partial charge in [-0.05, 0) is 0 Å². The zero-order chi connectivity index (χ0) is 7.28. The first-order valence-corrected chi connectivity index (χ1v) is 3.59. The van der Waals surface area contributed by atoms with Crippen molar-refractivity contribution in [2.75, 3.05) is 11.5 Å². The monoisotopic (exact) mass is 146 g/mol. The second-order valence-corrected chi connectivity index (χ2v) is 2.61. The molecule has 0 aliphatic heterocycles. The molecule has 0 aliphatic rings. The first-order valence-electron chi connectivity index (χ1n) is 2.44. The lowest BCUT2D eigenvalue weighted by atomic mass is 10.7. The van der Waals surface area contributed by atoms with E-state index >= 15 is 0 Å². The van der Waals surface area contributed by atoms with Crippen molar-refractivity contribution >= 4 is 11.8 Å². The molecule has 52 valence electrons. The maximum atomic E-state index is 8.54. The van der Waals surface area contributed by atoms with E-state index in [1.54, 1.807) is 0 Å². The quantitative estimate of drug-likeness (QED) is 0.595. The van der Waals surface area contributed by atoms with Crippen molar-refractivity contribution in [1.82, 2.24) is 0 Å². The molecule has 0 unspecified atom stereocenters. The van der Waals surface area contributed by atoms with E-state index in [-0.39, 0.29) is 11.5 Å². The highest BCUT2D eigenvalue weighted by Crippen LogP contribution is 2.06. The second kappa shape index (κ2) is 4.32. The van der Waals surface area contributed by atoms with Gasteiger partial charge in [-0.1, -0.05) is 13.2 Å². The predicted molar refractivity (Wildman–Crippen MR) is 40.9 cm³/mol. The standard InChI is InChI=1S/C6H10O2S/c1-5(7)3-9-4-6(2)8/h7-8H,1-4H2. The number of hydrogen-bond donors (Lipinski definition) is 2. The van der Waals surface area contributed by atoms with Gasteiger partial charge >= 0.3 is 0 Å². The third kappa shape index (κ3) is 7.43. The molecule has 3 heteroatoms. The molecule has 0 aliphatic carbocycles. The second-order valence-electron chi connectivity index (χ2n) is 1.63. The Morgan fingerprint density at radius 2 is 1.44 bits per heavy atom. The van der Waals surface area contributed by atoms with Gasteiger partial charge in [0, 0.05) is 0 Å². The van der Waals surface area contributed by atoms with E-state index in [1.807, 2.05) is 0 Å². The molecule has 0 rings (SSSR count). The van der Waals surface area contributed by atoms with E-state index in [2.05, 4.69) is 13.2 Å². The number of hydrogen-bond acceptors (Lipinski definition) is 3. The normalized spacial score (nSPS) is 8.89. The molecule has 0 fully saturated rings. The third-order valence-corrected chi connectivity index (χ3v) is 1.61. The first-order chi connectivity index (χ1) is 4.13. The SMILES string of the molecule is C=C(O)CSCC(=C)O. The van der Waals surface area contributed by atoms with Crippen molar-refractivity contribution in [2.24, 2.45) is 0 Å². The van der Waals surface area contributed by atoms with Crippen LogP contribution in [-0.4, -0.2) is 21.7 Å². The van der Waals surface area contributed by atoms with Crippen molar-refractivity contribution in [3.8, 4) is 0 Å². The van der Waals surface area contributed by atoms with Crippen molar-refractivity contribution in [2.45, 2.75) is 0 Å². The summed E-state index contributed by atoms with van der Waals surface area (Å²) in [6.45, 7) is 6.55. The zero-order valence-electron chi connectivity index (χ0n) is 5.13. The summed E-state index contributed by atoms with van der Waals surface area (Å²) >= 11 is 1.37. The van der Waals surface area contributed by atoms with Crippen LogP contribution in [0.5, 0.6) is 0 Å². The van der Waals surface area contributed by atoms with Crippen molar-refractivity contribution < 1.29 is 10.2 Å². The molecule has 0 saturated heterocycles. The fraction of sp³-hybridized carbons (Fsp3) is 0.333. The van der Waals surface area contributed by atoms with Gasteiger partial charge in [-0.25, -0.2) is 0 Å². The van der Waals surface area contributed by atoms with Crippen LogP contribution in [0.2, 0.25) is 0 Å². The van der Waals surface area contributed by atoms with E-state index in [4.69, 9.17) is 10.2 Å². The summed E-state index contributed by atoms with van der Waals surface area (Å²) in [6, 6.07) is 0. The van der Waals surface area contributed by atoms with E-state index in [0.717, 1.165) is 0 Å². The minimum absolute atomic E-state index is 0.126. The van der Waals surface area contributed by atoms with E-state index < -0.39 is 0 Å². The topological polar surface area (TPSA) is 40.5 Å². The Kier molecular flexibility index (Phi) is 4.05. The smallest absolute Gasteiger partial charge is 0.0950 e. The Morgan fingerprint density at radius 3 is 1.67 bits per heavy atom. The number of rotatable bonds is 4. The lowest BCUT2D eigenvalue weighted by Crippen LogP contribution is -1.87. The summed E-state index contributed by atoms with van der Waals surface area (Å²) < 4.78 is 0. The molecular weight excluding hydrogens is 136 g/mol. The fourth-order valence-electron chi connectivity index (χ4n) is 0.287. The van der Waals surface area contributed by atoms with Gasteiger partial charge in [0.05, 0.1) is 23.0 Å². The van der Waals surface area contributed by atoms with Crippen molar-refractivity contribution in [1.29, 1.82) is 0 Å². The highest BCUT2D eigenvalue weighted by Gasteiger charge is 1.91. The minimum atomic E-state index is 0.126. The Morgan fingerprint density at radius 1 is 1.11 bits per heavy atom. The molecule has 0 aromatic carbocycles. The van der Waals surface area contributed by atoms with Crippen molar-refractivity contribution in [3.63, 3.8) is 0 Å². The van der Waals surface area contributed by atoms with Gasteiger partial charge in [-0.2, -0.15) is 0 Å². The molecule has 0 aromatic rings. The molecule has 0 radical (unpaired) electrons. The highest BCUT2D eigenvalue weighted by molar-refractivity contribution is 7.99. The lowest BCUT2D eigenvalue weighted by molar-refractivity contribution is 0.417. The molecular formula is C6H10O2S. The summed E-state index contributed by atoms with van der Waals surface area (Å²) in [5.41, 5.74) is 0. The number of aliphatic hydroxyl groups is 2. The third-order valence-electron chi connectivity index (χ3n) is 0.537. The van der Waals surface area contributed by atoms with Crippen LogP contribution in [0.4, 0.5) is 0 Å². The van der Waals surface area contributed by atoms with Crippen LogP contribution >= 0.6 is 11.8 Å². The molecule has 0 aromatic heterocycles. The molecule has 0 saturated carbocycles. The van der Waals surface area contributed by atoms with Gasteiger partial charge in [0.15, 0.2) is 0 Å².